The summed E-state index contributed by atoms with van der Waals surface area (Å²) in [6, 6.07) is 14.8. The first kappa shape index (κ1) is 25.4. The Morgan fingerprint density at radius 3 is 2.38 bits per heavy atom. The van der Waals surface area contributed by atoms with Crippen LogP contribution in [0, 0.1) is 0 Å². The standard InChI is InChI=1S/C26H30N4O3S/c1-17(2)34(33)22-10-8-21(9-11-22)24-15-29-16-25(30-24)26(32)12-23(27)20-6-4-19(5-7-20)14-28-13-18(3)31/h4-12,15-18,28,31H,13-14,27H2,1-3H3. The van der Waals surface area contributed by atoms with E-state index in [4.69, 9.17) is 5.73 Å². The molecule has 2 atom stereocenters. The predicted molar refractivity (Wildman–Crippen MR) is 135 cm³/mol. The first-order valence-corrected chi connectivity index (χ1v) is 12.3. The number of carbonyl (C=O) groups is 1. The van der Waals surface area contributed by atoms with Crippen LogP contribution < -0.4 is 11.1 Å². The SMILES string of the molecule is CC(O)CNCc1ccc(C(N)=CC(=O)c2cncc(-c3ccc(S(=O)C(C)C)cc3)n2)cc1. The van der Waals surface area contributed by atoms with E-state index in [0.29, 0.717) is 24.5 Å². The van der Waals surface area contributed by atoms with Crippen molar-refractivity contribution >= 4 is 22.3 Å². The van der Waals surface area contributed by atoms with Gasteiger partial charge in [0, 0.05) is 40.6 Å². The molecule has 0 saturated carbocycles. The largest absolute Gasteiger partial charge is 0.398 e. The summed E-state index contributed by atoms with van der Waals surface area (Å²) in [4.78, 5) is 22.1. The molecule has 2 unspecified atom stereocenters. The van der Waals surface area contributed by atoms with Crippen molar-refractivity contribution in [3.05, 3.63) is 83.8 Å². The van der Waals surface area contributed by atoms with Crippen LogP contribution in [0.5, 0.6) is 0 Å². The quantitative estimate of drug-likeness (QED) is 0.302. The number of aromatic nitrogens is 2. The smallest absolute Gasteiger partial charge is 0.207 e. The molecule has 0 aliphatic rings. The van der Waals surface area contributed by atoms with Gasteiger partial charge >= 0.3 is 0 Å². The fourth-order valence-corrected chi connectivity index (χ4v) is 4.14. The molecule has 3 rings (SSSR count). The summed E-state index contributed by atoms with van der Waals surface area (Å²) in [5.41, 5.74) is 9.78. The topological polar surface area (TPSA) is 118 Å². The van der Waals surface area contributed by atoms with E-state index in [9.17, 15) is 14.1 Å². The van der Waals surface area contributed by atoms with Crippen LogP contribution in [0.2, 0.25) is 0 Å². The molecule has 1 heterocycles. The van der Waals surface area contributed by atoms with Gasteiger partial charge in [0.2, 0.25) is 5.78 Å². The van der Waals surface area contributed by atoms with Gasteiger partial charge in [0.25, 0.3) is 0 Å². The average Bonchev–Trinajstić information content (AvgIpc) is 2.84. The molecule has 0 aliphatic carbocycles. The molecule has 7 nitrogen and oxygen atoms in total. The Bertz CT molecular complexity index is 1170. The Morgan fingerprint density at radius 1 is 1.09 bits per heavy atom. The molecule has 0 amide bonds. The van der Waals surface area contributed by atoms with E-state index in [-0.39, 0.29) is 16.7 Å². The van der Waals surface area contributed by atoms with Crippen LogP contribution in [0.4, 0.5) is 0 Å². The van der Waals surface area contributed by atoms with E-state index in [2.05, 4.69) is 15.3 Å². The van der Waals surface area contributed by atoms with Gasteiger partial charge in [0.1, 0.15) is 5.69 Å². The Balaban J connectivity index is 1.71. The molecule has 0 fully saturated rings. The van der Waals surface area contributed by atoms with Crippen LogP contribution >= 0.6 is 0 Å². The number of aliphatic hydroxyl groups excluding tert-OH is 1. The maximum absolute atomic E-state index is 12.8. The van der Waals surface area contributed by atoms with Crippen LogP contribution in [0.15, 0.2) is 71.9 Å². The van der Waals surface area contributed by atoms with Crippen LogP contribution in [0.25, 0.3) is 17.0 Å². The van der Waals surface area contributed by atoms with Gasteiger partial charge in [-0.05, 0) is 30.2 Å². The molecule has 8 heteroatoms. The highest BCUT2D eigenvalue weighted by Crippen LogP contribution is 2.20. The highest BCUT2D eigenvalue weighted by molar-refractivity contribution is 7.85. The van der Waals surface area contributed by atoms with Crippen molar-refractivity contribution in [2.75, 3.05) is 6.54 Å². The Hall–Kier alpha value is -3.20. The number of allylic oxidation sites excluding steroid dienone is 1. The molecule has 4 N–H and O–H groups in total. The summed E-state index contributed by atoms with van der Waals surface area (Å²) in [7, 11) is -1.07. The van der Waals surface area contributed by atoms with Crippen molar-refractivity contribution in [1.82, 2.24) is 15.3 Å². The van der Waals surface area contributed by atoms with Gasteiger partial charge in [-0.25, -0.2) is 4.98 Å². The second-order valence-corrected chi connectivity index (χ2v) is 10.3. The molecule has 3 aromatic rings. The zero-order chi connectivity index (χ0) is 24.7. The van der Waals surface area contributed by atoms with Crippen LogP contribution in [-0.4, -0.2) is 43.0 Å². The van der Waals surface area contributed by atoms with Gasteiger partial charge in [-0.2, -0.15) is 0 Å². The third-order valence-corrected chi connectivity index (χ3v) is 6.63. The van der Waals surface area contributed by atoms with Crippen LogP contribution in [0.3, 0.4) is 0 Å². The molecular weight excluding hydrogens is 448 g/mol. The molecule has 0 radical (unpaired) electrons. The number of nitrogens with zero attached hydrogens (tertiary/aromatic N) is 2. The number of rotatable bonds is 10. The van der Waals surface area contributed by atoms with Gasteiger partial charge < -0.3 is 16.2 Å². The van der Waals surface area contributed by atoms with Crippen molar-refractivity contribution in [3.8, 4) is 11.3 Å². The van der Waals surface area contributed by atoms with E-state index >= 15 is 0 Å². The summed E-state index contributed by atoms with van der Waals surface area (Å²) >= 11 is 0. The lowest BCUT2D eigenvalue weighted by molar-refractivity contribution is 0.104. The van der Waals surface area contributed by atoms with E-state index in [1.54, 1.807) is 13.1 Å². The van der Waals surface area contributed by atoms with Crippen molar-refractivity contribution in [1.29, 1.82) is 0 Å². The van der Waals surface area contributed by atoms with Gasteiger partial charge in [-0.15, -0.1) is 0 Å². The van der Waals surface area contributed by atoms with Crippen molar-refractivity contribution in [2.24, 2.45) is 5.73 Å². The molecule has 34 heavy (non-hydrogen) atoms. The van der Waals surface area contributed by atoms with Crippen LogP contribution in [0.1, 0.15) is 42.4 Å². The molecule has 0 aliphatic heterocycles. The van der Waals surface area contributed by atoms with Crippen LogP contribution in [-0.2, 0) is 17.3 Å². The second-order valence-electron chi connectivity index (χ2n) is 8.30. The molecule has 0 saturated heterocycles. The third-order valence-electron chi connectivity index (χ3n) is 5.04. The number of hydrogen-bond acceptors (Lipinski definition) is 7. The normalized spacial score (nSPS) is 13.6. The summed E-state index contributed by atoms with van der Waals surface area (Å²) in [6.45, 7) is 6.69. The highest BCUT2D eigenvalue weighted by atomic mass is 32.2. The Kier molecular flexibility index (Phi) is 8.81. The zero-order valence-electron chi connectivity index (χ0n) is 19.6. The zero-order valence-corrected chi connectivity index (χ0v) is 20.4. The van der Waals surface area contributed by atoms with Gasteiger partial charge in [-0.3, -0.25) is 14.0 Å². The Labute approximate surface area is 202 Å². The van der Waals surface area contributed by atoms with E-state index in [1.807, 2.05) is 62.4 Å². The fourth-order valence-electron chi connectivity index (χ4n) is 3.19. The van der Waals surface area contributed by atoms with Gasteiger partial charge in [0.15, 0.2) is 0 Å². The number of nitrogens with one attached hydrogen (secondary N) is 1. The number of hydrogen-bond donors (Lipinski definition) is 3. The summed E-state index contributed by atoms with van der Waals surface area (Å²) in [5, 5.41) is 12.5. The fraction of sp³-hybridized carbons (Fsp3) is 0.269. The Morgan fingerprint density at radius 2 is 1.76 bits per heavy atom. The van der Waals surface area contributed by atoms with E-state index in [1.165, 1.54) is 12.3 Å². The van der Waals surface area contributed by atoms with Crippen molar-refractivity contribution in [3.63, 3.8) is 0 Å². The summed E-state index contributed by atoms with van der Waals surface area (Å²) < 4.78 is 12.3. The van der Waals surface area contributed by atoms with Gasteiger partial charge in [-0.1, -0.05) is 50.2 Å². The minimum absolute atomic E-state index is 0.0341. The third kappa shape index (κ3) is 6.90. The first-order valence-electron chi connectivity index (χ1n) is 11.1. The second kappa shape index (κ2) is 11.8. The minimum atomic E-state index is -1.07. The maximum atomic E-state index is 12.8. The molecule has 178 valence electrons. The number of nitrogens with two attached hydrogens (primary N) is 1. The molecule has 0 spiro atoms. The summed E-state index contributed by atoms with van der Waals surface area (Å²) in [5.74, 6) is -0.341. The molecule has 1 aromatic heterocycles. The lowest BCUT2D eigenvalue weighted by Gasteiger charge is -2.08. The molecular formula is C26H30N4O3S. The number of ketones is 1. The maximum Gasteiger partial charge on any atom is 0.207 e. The monoisotopic (exact) mass is 478 g/mol. The van der Waals surface area contributed by atoms with E-state index < -0.39 is 16.9 Å². The number of aliphatic hydroxyl groups is 1. The van der Waals surface area contributed by atoms with Crippen molar-refractivity contribution in [2.45, 2.75) is 43.6 Å². The van der Waals surface area contributed by atoms with Gasteiger partial charge in [0.05, 0.1) is 35.0 Å². The highest BCUT2D eigenvalue weighted by Gasteiger charge is 2.12. The van der Waals surface area contributed by atoms with E-state index in [0.717, 1.165) is 21.6 Å². The number of benzene rings is 2. The lowest BCUT2D eigenvalue weighted by atomic mass is 10.1. The first-order chi connectivity index (χ1) is 16.2. The number of carbonyl (C=O) groups excluding carboxylic acids is 1. The molecule has 2 aromatic carbocycles. The average molecular weight is 479 g/mol. The summed E-state index contributed by atoms with van der Waals surface area (Å²) in [6.07, 6.45) is 3.95. The minimum Gasteiger partial charge on any atom is -0.398 e. The predicted octanol–water partition coefficient (Wildman–Crippen LogP) is 3.31. The molecule has 0 bridgehead atoms. The van der Waals surface area contributed by atoms with Crippen molar-refractivity contribution < 1.29 is 14.1 Å². The lowest BCUT2D eigenvalue weighted by Crippen LogP contribution is -2.23.